The molecule has 0 bridgehead atoms. The Kier molecular flexibility index (Phi) is 11.4. The minimum atomic E-state index is -3.05. The summed E-state index contributed by atoms with van der Waals surface area (Å²) in [7, 11) is 1.52. The number of aromatic nitrogens is 1. The fourth-order valence-corrected chi connectivity index (χ4v) is 6.30. The number of esters is 1. The Morgan fingerprint density at radius 3 is 2.56 bits per heavy atom. The fourth-order valence-electron chi connectivity index (χ4n) is 4.76. The number of carbonyl (C=O) groups excluding carboxylic acids is 1. The fraction of sp³-hybridized carbons (Fsp3) is 0.467. The second-order valence-electron chi connectivity index (χ2n) is 10.6. The Morgan fingerprint density at radius 1 is 1.16 bits per heavy atom. The van der Waals surface area contributed by atoms with E-state index in [1.54, 1.807) is 6.07 Å². The molecule has 2 N–H and O–H groups in total. The normalized spacial score (nSPS) is 16.0. The van der Waals surface area contributed by atoms with Crippen molar-refractivity contribution in [2.75, 3.05) is 58.4 Å². The van der Waals surface area contributed by atoms with Crippen LogP contribution in [0.5, 0.6) is 17.2 Å². The molecule has 3 aromatic rings. The molecule has 244 valence electrons. The van der Waals surface area contributed by atoms with E-state index < -0.39 is 18.7 Å². The Hall–Kier alpha value is -3.10. The highest BCUT2D eigenvalue weighted by atomic mass is 35.5. The van der Waals surface area contributed by atoms with Gasteiger partial charge in [0.25, 0.3) is 0 Å². The van der Waals surface area contributed by atoms with Crippen LogP contribution in [0.1, 0.15) is 39.7 Å². The maximum Gasteiger partial charge on any atom is 0.387 e. The van der Waals surface area contributed by atoms with E-state index in [1.165, 1.54) is 49.0 Å². The monoisotopic (exact) mass is 688 g/mol. The quantitative estimate of drug-likeness (QED) is 0.115. The number of nitrogens with zero attached hydrogens (tertiary/aromatic N) is 2. The molecule has 1 atom stereocenters. The van der Waals surface area contributed by atoms with Gasteiger partial charge >= 0.3 is 12.6 Å². The molecule has 5 rings (SSSR count). The van der Waals surface area contributed by atoms with E-state index in [9.17, 15) is 18.8 Å². The van der Waals surface area contributed by atoms with Crippen LogP contribution in [0.25, 0.3) is 0 Å². The van der Waals surface area contributed by atoms with E-state index in [1.807, 2.05) is 0 Å². The Labute approximate surface area is 273 Å². The molecule has 3 heterocycles. The second kappa shape index (κ2) is 15.5. The van der Waals surface area contributed by atoms with Gasteiger partial charge in [0.05, 0.1) is 26.9 Å². The number of hydrogen-bond donors (Lipinski definition) is 2. The highest BCUT2D eigenvalue weighted by molar-refractivity contribution is 7.18. The minimum Gasteiger partial charge on any atom is -0.494 e. The third-order valence-corrected chi connectivity index (χ3v) is 9.08. The molecule has 1 aliphatic heterocycles. The predicted molar refractivity (Wildman–Crippen MR) is 164 cm³/mol. The predicted octanol–water partition coefficient (Wildman–Crippen LogP) is 5.86. The number of rotatable bonds is 15. The number of hydrogen-bond acceptors (Lipinski definition) is 10. The van der Waals surface area contributed by atoms with E-state index in [0.717, 1.165) is 37.2 Å². The third-order valence-electron chi connectivity index (χ3n) is 7.37. The average molecular weight is 690 g/mol. The zero-order valence-electron chi connectivity index (χ0n) is 24.5. The lowest BCUT2D eigenvalue weighted by molar-refractivity contribution is -0.904. The molecule has 1 aromatic carbocycles. The lowest BCUT2D eigenvalue weighted by Crippen LogP contribution is -2.38. The first-order valence-corrected chi connectivity index (χ1v) is 16.0. The molecule has 1 saturated carbocycles. The average Bonchev–Trinajstić information content (AvgIpc) is 3.75. The van der Waals surface area contributed by atoms with Crippen LogP contribution in [0.4, 0.5) is 13.8 Å². The highest BCUT2D eigenvalue weighted by Gasteiger charge is 2.28. The number of methoxy groups -OCH3 is 1. The molecule has 2 aliphatic rings. The van der Waals surface area contributed by atoms with Gasteiger partial charge in [-0.3, -0.25) is 10.1 Å². The molecule has 0 amide bonds. The summed E-state index contributed by atoms with van der Waals surface area (Å²) in [4.78, 5) is 16.2. The van der Waals surface area contributed by atoms with Gasteiger partial charge in [0.15, 0.2) is 17.2 Å². The van der Waals surface area contributed by atoms with E-state index in [2.05, 4.69) is 15.0 Å². The molecule has 10 nitrogen and oxygen atoms in total. The number of ether oxygens (including phenoxy) is 5. The van der Waals surface area contributed by atoms with Crippen molar-refractivity contribution >= 4 is 45.5 Å². The molecular weight excluding hydrogens is 655 g/mol. The summed E-state index contributed by atoms with van der Waals surface area (Å²) in [5.41, 5.74) is 0.847. The number of thiophene rings is 1. The van der Waals surface area contributed by atoms with Crippen molar-refractivity contribution in [2.45, 2.75) is 32.0 Å². The van der Waals surface area contributed by atoms with Crippen molar-refractivity contribution in [1.29, 1.82) is 0 Å². The van der Waals surface area contributed by atoms with E-state index in [-0.39, 0.29) is 32.8 Å². The van der Waals surface area contributed by atoms with Crippen LogP contribution in [-0.4, -0.2) is 75.8 Å². The molecule has 2 aromatic heterocycles. The SMILES string of the molecule is COc1cc(C(=O)O[C@@H](Cc2c(Cl)c[n+](O)cc2Cl)c2ccc(OC(F)F)c(OCC3CC3)c2)sc1NCCN1CCOCC1. The molecule has 0 spiro atoms. The van der Waals surface area contributed by atoms with Gasteiger partial charge in [-0.2, -0.15) is 8.78 Å². The standard InChI is InChI=1S/C30H33Cl2F2N3O7S/c1-40-26-14-27(45-28(26)35-6-7-36-8-10-41-11-9-36)29(38)43-24(13-20-21(31)15-37(39)16-22(20)32)19-4-5-23(44-30(33)34)25(12-19)42-17-18-2-3-18/h4-5,12,14-16,18,24,30H,2-3,6-11,13,17H2,1H3,(H-,35,38,39)/p+1/t24-/m0/s1. The van der Waals surface area contributed by atoms with Gasteiger partial charge in [0, 0.05) is 49.0 Å². The Bertz CT molecular complexity index is 1450. The van der Waals surface area contributed by atoms with Gasteiger partial charge in [0.2, 0.25) is 12.4 Å². The molecule has 1 aliphatic carbocycles. The number of halogens is 4. The molecule has 45 heavy (non-hydrogen) atoms. The van der Waals surface area contributed by atoms with E-state index in [4.69, 9.17) is 42.1 Å². The first kappa shape index (κ1) is 33.3. The topological polar surface area (TPSA) is 103 Å². The van der Waals surface area contributed by atoms with Crippen LogP contribution in [0, 0.1) is 5.92 Å². The van der Waals surface area contributed by atoms with Crippen molar-refractivity contribution in [2.24, 2.45) is 5.92 Å². The number of nitrogens with one attached hydrogen (secondary N) is 1. The van der Waals surface area contributed by atoms with Crippen molar-refractivity contribution in [3.05, 3.63) is 62.7 Å². The molecule has 0 radical (unpaired) electrons. The van der Waals surface area contributed by atoms with Crippen LogP contribution >= 0.6 is 34.5 Å². The lowest BCUT2D eigenvalue weighted by Gasteiger charge is -2.26. The van der Waals surface area contributed by atoms with E-state index in [0.29, 0.717) is 54.2 Å². The van der Waals surface area contributed by atoms with Gasteiger partial charge in [0.1, 0.15) is 26.0 Å². The summed E-state index contributed by atoms with van der Waals surface area (Å²) in [5.74, 6) is 0.171. The third kappa shape index (κ3) is 9.23. The molecule has 15 heteroatoms. The van der Waals surface area contributed by atoms with Crippen LogP contribution in [-0.2, 0) is 15.9 Å². The number of alkyl halides is 2. The van der Waals surface area contributed by atoms with Gasteiger partial charge in [-0.1, -0.05) is 29.3 Å². The largest absolute Gasteiger partial charge is 0.494 e. The molecule has 2 fully saturated rings. The number of anilines is 1. The Balaban J connectivity index is 1.39. The molecule has 0 unspecified atom stereocenters. The summed E-state index contributed by atoms with van der Waals surface area (Å²) in [6, 6.07) is 5.99. The molecule has 1 saturated heterocycles. The first-order valence-electron chi connectivity index (χ1n) is 14.4. The van der Waals surface area contributed by atoms with Crippen molar-refractivity contribution in [1.82, 2.24) is 4.90 Å². The number of pyridine rings is 1. The smallest absolute Gasteiger partial charge is 0.387 e. The number of carbonyl (C=O) groups is 1. The van der Waals surface area contributed by atoms with Gasteiger partial charge in [-0.25, -0.2) is 4.79 Å². The van der Waals surface area contributed by atoms with Crippen LogP contribution in [0.15, 0.2) is 36.7 Å². The first-order chi connectivity index (χ1) is 21.7. The van der Waals surface area contributed by atoms with Crippen LogP contribution in [0.3, 0.4) is 0 Å². The minimum absolute atomic E-state index is 0.00846. The molecular formula is C30H34Cl2F2N3O7S+. The maximum absolute atomic E-state index is 13.6. The summed E-state index contributed by atoms with van der Waals surface area (Å²) in [6.07, 6.45) is 3.53. The van der Waals surface area contributed by atoms with Crippen molar-refractivity contribution < 1.29 is 47.2 Å². The zero-order valence-corrected chi connectivity index (χ0v) is 26.8. The summed E-state index contributed by atoms with van der Waals surface area (Å²) in [6.45, 7) is 1.86. The van der Waals surface area contributed by atoms with Gasteiger partial charge < -0.3 is 29.0 Å². The zero-order chi connectivity index (χ0) is 31.9. The highest BCUT2D eigenvalue weighted by Crippen LogP contribution is 2.40. The summed E-state index contributed by atoms with van der Waals surface area (Å²) < 4.78 is 54.5. The van der Waals surface area contributed by atoms with Crippen LogP contribution < -0.4 is 24.3 Å². The van der Waals surface area contributed by atoms with Crippen molar-refractivity contribution in [3.63, 3.8) is 0 Å². The van der Waals surface area contributed by atoms with Gasteiger partial charge in [-0.15, -0.1) is 11.3 Å². The van der Waals surface area contributed by atoms with Gasteiger partial charge in [-0.05, 0) is 36.5 Å². The summed E-state index contributed by atoms with van der Waals surface area (Å²) >= 11 is 14.0. The second-order valence-corrected chi connectivity index (χ2v) is 12.5. The van der Waals surface area contributed by atoms with Crippen molar-refractivity contribution in [3.8, 4) is 17.2 Å². The maximum atomic E-state index is 13.6. The Morgan fingerprint density at radius 2 is 1.89 bits per heavy atom. The van der Waals surface area contributed by atoms with E-state index >= 15 is 0 Å². The number of benzene rings is 1. The van der Waals surface area contributed by atoms with Crippen LogP contribution in [0.2, 0.25) is 10.0 Å². The number of morpholine rings is 1. The summed E-state index contributed by atoms with van der Waals surface area (Å²) in [5, 5.41) is 14.1. The lowest BCUT2D eigenvalue weighted by atomic mass is 10.0.